The number of rotatable bonds is 3. The molecule has 32 heavy (non-hydrogen) atoms. The fourth-order valence-corrected chi connectivity index (χ4v) is 4.84. The van der Waals surface area contributed by atoms with Crippen molar-refractivity contribution < 1.29 is 41.4 Å². The van der Waals surface area contributed by atoms with Gasteiger partial charge in [0.25, 0.3) is 5.91 Å². The van der Waals surface area contributed by atoms with Crippen molar-refractivity contribution in [3.05, 3.63) is 59.9 Å². The number of amides is 1. The zero-order valence-corrected chi connectivity index (χ0v) is 17.1. The first-order valence-electron chi connectivity index (χ1n) is 9.24. The molecule has 4 rings (SSSR count). The summed E-state index contributed by atoms with van der Waals surface area (Å²) < 4.78 is 64.0. The van der Waals surface area contributed by atoms with E-state index in [9.17, 15) is 26.7 Å². The number of likely N-dealkylation sites (tertiary alicyclic amines) is 1. The normalized spacial score (nSPS) is 19.0. The Kier molecular flexibility index (Phi) is 6.91. The van der Waals surface area contributed by atoms with Gasteiger partial charge in [0.15, 0.2) is 11.6 Å². The van der Waals surface area contributed by atoms with Crippen molar-refractivity contribution in [3.63, 3.8) is 0 Å². The Morgan fingerprint density at radius 1 is 1.19 bits per heavy atom. The maximum Gasteiger partial charge on any atom is 0.490 e. The number of ether oxygens (including phenoxy) is 1. The summed E-state index contributed by atoms with van der Waals surface area (Å²) in [5.74, 6) is -3.35. The van der Waals surface area contributed by atoms with Crippen LogP contribution >= 0.6 is 11.8 Å². The number of alkyl halides is 3. The zero-order chi connectivity index (χ0) is 23.5. The average molecular weight is 476 g/mol. The van der Waals surface area contributed by atoms with E-state index in [0.29, 0.717) is 13.1 Å². The monoisotopic (exact) mass is 476 g/mol. The lowest BCUT2D eigenvalue weighted by Crippen LogP contribution is -2.60. The maximum atomic E-state index is 13.3. The Morgan fingerprint density at radius 3 is 2.44 bits per heavy atom. The third-order valence-electron chi connectivity index (χ3n) is 4.77. The Hall–Kier alpha value is -2.89. The van der Waals surface area contributed by atoms with Crippen LogP contribution in [0.3, 0.4) is 0 Å². The number of pyridine rings is 1. The minimum atomic E-state index is -5.08. The molecule has 0 bridgehead atoms. The van der Waals surface area contributed by atoms with Crippen LogP contribution in [0, 0.1) is 11.6 Å². The molecule has 0 aliphatic carbocycles. The van der Waals surface area contributed by atoms with Gasteiger partial charge in [-0.2, -0.15) is 13.2 Å². The Labute approximate surface area is 183 Å². The molecule has 1 spiro atoms. The van der Waals surface area contributed by atoms with E-state index in [-0.39, 0.29) is 22.3 Å². The fraction of sp³-hybridized carbons (Fsp3) is 0.350. The quantitative estimate of drug-likeness (QED) is 0.680. The van der Waals surface area contributed by atoms with Crippen LogP contribution in [0.15, 0.2) is 42.7 Å². The van der Waals surface area contributed by atoms with Gasteiger partial charge in [-0.3, -0.25) is 9.78 Å². The number of aliphatic carboxylic acids is 1. The molecule has 3 heterocycles. The molecule has 0 saturated carbocycles. The Bertz CT molecular complexity index is 984. The van der Waals surface area contributed by atoms with E-state index >= 15 is 0 Å². The highest BCUT2D eigenvalue weighted by molar-refractivity contribution is 8.01. The van der Waals surface area contributed by atoms with E-state index < -0.39 is 23.8 Å². The first-order chi connectivity index (χ1) is 15.0. The summed E-state index contributed by atoms with van der Waals surface area (Å²) in [6.07, 6.45) is -0.746. The van der Waals surface area contributed by atoms with Crippen molar-refractivity contribution in [1.82, 2.24) is 9.88 Å². The molecule has 172 valence electrons. The maximum absolute atomic E-state index is 13.3. The molecule has 12 heteroatoms. The summed E-state index contributed by atoms with van der Waals surface area (Å²) in [7, 11) is 0. The number of aromatic nitrogens is 1. The van der Waals surface area contributed by atoms with Crippen molar-refractivity contribution in [2.45, 2.75) is 23.4 Å². The molecule has 1 unspecified atom stereocenters. The van der Waals surface area contributed by atoms with E-state index in [1.165, 1.54) is 6.07 Å². The molecular formula is C20H17F5N2O4S. The number of carbonyl (C=O) groups excluding carboxylic acids is 1. The minimum Gasteiger partial charge on any atom is -0.488 e. The molecule has 1 amide bonds. The highest BCUT2D eigenvalue weighted by Crippen LogP contribution is 2.46. The molecular weight excluding hydrogens is 459 g/mol. The number of thioether (sulfide) groups is 1. The summed E-state index contributed by atoms with van der Waals surface area (Å²) in [5, 5.41) is 7.12. The van der Waals surface area contributed by atoms with Gasteiger partial charge >= 0.3 is 12.1 Å². The van der Waals surface area contributed by atoms with Gasteiger partial charge in [-0.15, -0.1) is 11.8 Å². The standard InChI is InChI=1S/C18H16F2N2O2S.C2HF3O2/c19-15-4-3-12(6-16(15)20)17(23)22-10-18(11-22)7-14(9-25-18)24-13-2-1-5-21-8-13;3-2(4,5)1(6)7/h1-6,8,14H,7,9-11H2;(H,6,7). The summed E-state index contributed by atoms with van der Waals surface area (Å²) in [4.78, 5) is 27.0. The topological polar surface area (TPSA) is 79.7 Å². The number of hydrogen-bond donors (Lipinski definition) is 1. The van der Waals surface area contributed by atoms with E-state index in [2.05, 4.69) is 4.98 Å². The van der Waals surface area contributed by atoms with E-state index in [4.69, 9.17) is 14.6 Å². The first-order valence-corrected chi connectivity index (χ1v) is 10.2. The average Bonchev–Trinajstić information content (AvgIpc) is 3.13. The van der Waals surface area contributed by atoms with Crippen molar-refractivity contribution in [3.8, 4) is 5.75 Å². The number of carbonyl (C=O) groups is 2. The van der Waals surface area contributed by atoms with E-state index in [0.717, 1.165) is 30.1 Å². The molecule has 2 fully saturated rings. The van der Waals surface area contributed by atoms with E-state index in [1.54, 1.807) is 17.3 Å². The molecule has 1 atom stereocenters. The van der Waals surface area contributed by atoms with E-state index in [1.807, 2.05) is 23.9 Å². The number of benzene rings is 1. The summed E-state index contributed by atoms with van der Waals surface area (Å²) in [6.45, 7) is 1.20. The van der Waals surface area contributed by atoms with Crippen LogP contribution in [-0.4, -0.2) is 62.7 Å². The smallest absolute Gasteiger partial charge is 0.488 e. The predicted octanol–water partition coefficient (Wildman–Crippen LogP) is 3.77. The largest absolute Gasteiger partial charge is 0.490 e. The van der Waals surface area contributed by atoms with Gasteiger partial charge in [0.1, 0.15) is 11.9 Å². The van der Waals surface area contributed by atoms with Gasteiger partial charge in [0, 0.05) is 37.0 Å². The van der Waals surface area contributed by atoms with Crippen LogP contribution in [0.5, 0.6) is 5.75 Å². The Morgan fingerprint density at radius 2 is 1.88 bits per heavy atom. The van der Waals surface area contributed by atoms with Gasteiger partial charge < -0.3 is 14.7 Å². The molecule has 1 aromatic carbocycles. The van der Waals surface area contributed by atoms with Crippen LogP contribution in [-0.2, 0) is 4.79 Å². The number of halogens is 5. The van der Waals surface area contributed by atoms with Crippen LogP contribution < -0.4 is 4.74 Å². The van der Waals surface area contributed by atoms with Crippen molar-refractivity contribution >= 4 is 23.6 Å². The second kappa shape index (κ2) is 9.31. The molecule has 2 aromatic rings. The van der Waals surface area contributed by atoms with Gasteiger partial charge in [0.05, 0.1) is 10.9 Å². The van der Waals surface area contributed by atoms with Gasteiger partial charge in [-0.1, -0.05) is 0 Å². The van der Waals surface area contributed by atoms with Crippen LogP contribution in [0.4, 0.5) is 22.0 Å². The number of nitrogens with zero attached hydrogens (tertiary/aromatic N) is 2. The van der Waals surface area contributed by atoms with Crippen LogP contribution in [0.25, 0.3) is 0 Å². The summed E-state index contributed by atoms with van der Waals surface area (Å²) >= 11 is 1.81. The molecule has 1 N–H and O–H groups in total. The van der Waals surface area contributed by atoms with Gasteiger partial charge in [0.2, 0.25) is 0 Å². The minimum absolute atomic E-state index is 0.00110. The predicted molar refractivity (Wildman–Crippen MR) is 104 cm³/mol. The lowest BCUT2D eigenvalue weighted by Gasteiger charge is -2.47. The zero-order valence-electron chi connectivity index (χ0n) is 16.3. The fourth-order valence-electron chi connectivity index (χ4n) is 3.31. The van der Waals surface area contributed by atoms with Crippen LogP contribution in [0.1, 0.15) is 16.8 Å². The molecule has 0 radical (unpaired) electrons. The Balaban J connectivity index is 0.000000360. The molecule has 2 aliphatic heterocycles. The van der Waals surface area contributed by atoms with Crippen LogP contribution in [0.2, 0.25) is 0 Å². The molecule has 2 saturated heterocycles. The van der Waals surface area contributed by atoms with Gasteiger partial charge in [-0.05, 0) is 30.3 Å². The van der Waals surface area contributed by atoms with Crippen molar-refractivity contribution in [2.24, 2.45) is 0 Å². The highest BCUT2D eigenvalue weighted by atomic mass is 32.2. The van der Waals surface area contributed by atoms with Crippen molar-refractivity contribution in [2.75, 3.05) is 18.8 Å². The van der Waals surface area contributed by atoms with Gasteiger partial charge in [-0.25, -0.2) is 13.6 Å². The van der Waals surface area contributed by atoms with Crippen molar-refractivity contribution in [1.29, 1.82) is 0 Å². The number of hydrogen-bond acceptors (Lipinski definition) is 5. The summed E-state index contributed by atoms with van der Waals surface area (Å²) in [6, 6.07) is 6.97. The first kappa shape index (κ1) is 23.8. The second-order valence-corrected chi connectivity index (χ2v) is 8.71. The lowest BCUT2D eigenvalue weighted by atomic mass is 9.92. The molecule has 2 aliphatic rings. The molecule has 6 nitrogen and oxygen atoms in total. The summed E-state index contributed by atoms with van der Waals surface area (Å²) in [5.41, 5.74) is 0.180. The number of carboxylic acids is 1. The lowest BCUT2D eigenvalue weighted by molar-refractivity contribution is -0.192. The highest BCUT2D eigenvalue weighted by Gasteiger charge is 2.51. The second-order valence-electron chi connectivity index (χ2n) is 7.22. The number of carboxylic acid groups (broad SMARTS) is 1. The third-order valence-corrected chi connectivity index (χ3v) is 6.34. The molecule has 1 aromatic heterocycles. The SMILES string of the molecule is O=C(O)C(F)(F)F.O=C(c1ccc(F)c(F)c1)N1CC2(CC(Oc3cccnc3)CS2)C1. The third kappa shape index (κ3) is 5.67.